The van der Waals surface area contributed by atoms with Gasteiger partial charge in [0.25, 0.3) is 11.8 Å². The van der Waals surface area contributed by atoms with Crippen LogP contribution in [0.25, 0.3) is 10.9 Å². The standard InChI is InChI=1S/C30H30N4O6/c35-26-12-11-24(29(37)32-26)34-16-20-15-22(9-10-23(20)30(34)38)39-17-21-7-1-2-14-33(21)27(36)18-40-25-8-3-5-19-6-4-13-31-28(19)25/h3-6,8-10,13,15,21,24H,1-2,7,11-12,14,16-18H2,(H,32,35,37)/t21-,24?/m1/s1. The van der Waals surface area contributed by atoms with Crippen molar-refractivity contribution < 1.29 is 28.7 Å². The highest BCUT2D eigenvalue weighted by Gasteiger charge is 2.39. The Labute approximate surface area is 231 Å². The molecule has 6 rings (SSSR count). The lowest BCUT2D eigenvalue weighted by Crippen LogP contribution is -2.52. The average molecular weight is 543 g/mol. The van der Waals surface area contributed by atoms with Gasteiger partial charge in [-0.2, -0.15) is 0 Å². The fraction of sp³-hybridized carbons (Fsp3) is 0.367. The second-order valence-corrected chi connectivity index (χ2v) is 10.4. The summed E-state index contributed by atoms with van der Waals surface area (Å²) in [7, 11) is 0. The molecule has 0 aliphatic carbocycles. The van der Waals surface area contributed by atoms with E-state index in [9.17, 15) is 19.2 Å². The fourth-order valence-corrected chi connectivity index (χ4v) is 5.75. The van der Waals surface area contributed by atoms with Crippen LogP contribution in [0.3, 0.4) is 0 Å². The van der Waals surface area contributed by atoms with Gasteiger partial charge in [-0.3, -0.25) is 29.5 Å². The molecule has 3 aliphatic rings. The van der Waals surface area contributed by atoms with E-state index in [1.807, 2.05) is 41.3 Å². The molecule has 2 aromatic carbocycles. The van der Waals surface area contributed by atoms with Crippen LogP contribution in [0.5, 0.6) is 11.5 Å². The van der Waals surface area contributed by atoms with Gasteiger partial charge in [-0.15, -0.1) is 0 Å². The molecule has 206 valence electrons. The van der Waals surface area contributed by atoms with E-state index in [1.165, 1.54) is 4.90 Å². The number of para-hydroxylation sites is 1. The van der Waals surface area contributed by atoms with E-state index >= 15 is 0 Å². The highest BCUT2D eigenvalue weighted by atomic mass is 16.5. The lowest BCUT2D eigenvalue weighted by atomic mass is 10.0. The number of carbonyl (C=O) groups is 4. The predicted molar refractivity (Wildman–Crippen MR) is 145 cm³/mol. The summed E-state index contributed by atoms with van der Waals surface area (Å²) < 4.78 is 12.0. The summed E-state index contributed by atoms with van der Waals surface area (Å²) in [5.41, 5.74) is 2.04. The number of nitrogens with one attached hydrogen (secondary N) is 1. The Morgan fingerprint density at radius 1 is 1.02 bits per heavy atom. The first kappa shape index (κ1) is 25.8. The number of benzene rings is 2. The molecule has 4 amide bonds. The van der Waals surface area contributed by atoms with E-state index in [2.05, 4.69) is 10.3 Å². The Bertz CT molecular complexity index is 1480. The minimum Gasteiger partial charge on any atom is -0.491 e. The molecule has 0 spiro atoms. The van der Waals surface area contributed by atoms with Gasteiger partial charge in [0.05, 0.1) is 6.04 Å². The predicted octanol–water partition coefficient (Wildman–Crippen LogP) is 2.83. The van der Waals surface area contributed by atoms with Gasteiger partial charge in [0.1, 0.15) is 29.7 Å². The zero-order chi connectivity index (χ0) is 27.6. The normalized spacial score (nSPS) is 20.9. The maximum absolute atomic E-state index is 13.2. The van der Waals surface area contributed by atoms with Gasteiger partial charge in [-0.1, -0.05) is 18.2 Å². The zero-order valence-electron chi connectivity index (χ0n) is 22.0. The maximum Gasteiger partial charge on any atom is 0.260 e. The van der Waals surface area contributed by atoms with E-state index in [0.29, 0.717) is 36.6 Å². The number of hydrogen-bond donors (Lipinski definition) is 1. The summed E-state index contributed by atoms with van der Waals surface area (Å²) in [5.74, 6) is 0.121. The first-order valence-electron chi connectivity index (χ1n) is 13.6. The third-order valence-corrected chi connectivity index (χ3v) is 7.83. The van der Waals surface area contributed by atoms with Crippen molar-refractivity contribution in [3.8, 4) is 11.5 Å². The minimum atomic E-state index is -0.657. The molecule has 40 heavy (non-hydrogen) atoms. The monoisotopic (exact) mass is 542 g/mol. The third-order valence-electron chi connectivity index (χ3n) is 7.83. The Hall–Kier alpha value is -4.47. The Morgan fingerprint density at radius 2 is 1.90 bits per heavy atom. The molecule has 10 nitrogen and oxygen atoms in total. The number of ether oxygens (including phenoxy) is 2. The van der Waals surface area contributed by atoms with Crippen molar-refractivity contribution in [3.63, 3.8) is 0 Å². The van der Waals surface area contributed by atoms with Crippen LogP contribution in [0.15, 0.2) is 54.7 Å². The minimum absolute atomic E-state index is 0.0800. The summed E-state index contributed by atoms with van der Waals surface area (Å²) in [4.78, 5) is 57.7. The number of imide groups is 1. The van der Waals surface area contributed by atoms with Gasteiger partial charge in [-0.25, -0.2) is 0 Å². The van der Waals surface area contributed by atoms with Crippen molar-refractivity contribution in [1.29, 1.82) is 0 Å². The molecule has 1 N–H and O–H groups in total. The topological polar surface area (TPSA) is 118 Å². The molecule has 0 saturated carbocycles. The highest BCUT2D eigenvalue weighted by molar-refractivity contribution is 6.05. The number of fused-ring (bicyclic) bond motifs is 2. The molecule has 4 heterocycles. The molecule has 0 bridgehead atoms. The van der Waals surface area contributed by atoms with Gasteiger partial charge in [0.15, 0.2) is 6.61 Å². The Kier molecular flexibility index (Phi) is 7.06. The molecule has 3 aliphatic heterocycles. The number of nitrogens with zero attached hydrogens (tertiary/aromatic N) is 3. The van der Waals surface area contributed by atoms with Crippen LogP contribution in [0.2, 0.25) is 0 Å². The molecule has 0 radical (unpaired) electrons. The number of hydrogen-bond acceptors (Lipinski definition) is 7. The number of carbonyl (C=O) groups excluding carboxylic acids is 4. The van der Waals surface area contributed by atoms with E-state index in [1.54, 1.807) is 18.3 Å². The van der Waals surface area contributed by atoms with Crippen molar-refractivity contribution in [2.75, 3.05) is 19.8 Å². The second kappa shape index (κ2) is 11.0. The number of aromatic nitrogens is 1. The van der Waals surface area contributed by atoms with E-state index in [-0.39, 0.29) is 43.3 Å². The van der Waals surface area contributed by atoms with Crippen molar-refractivity contribution in [2.24, 2.45) is 0 Å². The number of likely N-dealkylation sites (tertiary alicyclic amines) is 1. The fourth-order valence-electron chi connectivity index (χ4n) is 5.75. The van der Waals surface area contributed by atoms with Gasteiger partial charge < -0.3 is 19.3 Å². The van der Waals surface area contributed by atoms with Crippen molar-refractivity contribution >= 4 is 34.5 Å². The molecule has 1 unspecified atom stereocenters. The van der Waals surface area contributed by atoms with Crippen LogP contribution in [-0.2, 0) is 20.9 Å². The first-order valence-corrected chi connectivity index (χ1v) is 13.6. The van der Waals surface area contributed by atoms with E-state index < -0.39 is 11.9 Å². The largest absolute Gasteiger partial charge is 0.491 e. The SMILES string of the molecule is O=C1CCC(N2Cc3cc(OC[C@H]4CCCCN4C(=O)COc4cccc5cccnc45)ccc3C2=O)C(=O)N1. The van der Waals surface area contributed by atoms with Gasteiger partial charge in [0, 0.05) is 36.7 Å². The number of piperidine rings is 2. The van der Waals surface area contributed by atoms with Crippen LogP contribution < -0.4 is 14.8 Å². The second-order valence-electron chi connectivity index (χ2n) is 10.4. The number of rotatable bonds is 7. The summed E-state index contributed by atoms with van der Waals surface area (Å²) in [6, 6.07) is 14.0. The molecule has 2 fully saturated rings. The van der Waals surface area contributed by atoms with Gasteiger partial charge >= 0.3 is 0 Å². The Morgan fingerprint density at radius 3 is 2.77 bits per heavy atom. The van der Waals surface area contributed by atoms with E-state index in [4.69, 9.17) is 9.47 Å². The van der Waals surface area contributed by atoms with Crippen molar-refractivity contribution in [2.45, 2.75) is 50.7 Å². The summed E-state index contributed by atoms with van der Waals surface area (Å²) in [5, 5.41) is 3.27. The zero-order valence-corrected chi connectivity index (χ0v) is 22.0. The lowest BCUT2D eigenvalue weighted by molar-refractivity contribution is -0.138. The first-order chi connectivity index (χ1) is 19.5. The molecular weight excluding hydrogens is 512 g/mol. The van der Waals surface area contributed by atoms with Gasteiger partial charge in [-0.05, 0) is 61.6 Å². The lowest BCUT2D eigenvalue weighted by Gasteiger charge is -2.35. The van der Waals surface area contributed by atoms with Crippen molar-refractivity contribution in [3.05, 3.63) is 65.9 Å². The molecular formula is C30H30N4O6. The summed E-state index contributed by atoms with van der Waals surface area (Å²) in [6.45, 7) is 1.17. The van der Waals surface area contributed by atoms with Crippen molar-refractivity contribution in [1.82, 2.24) is 20.1 Å². The maximum atomic E-state index is 13.2. The number of amides is 4. The quantitative estimate of drug-likeness (QED) is 0.456. The third kappa shape index (κ3) is 5.09. The molecule has 1 aromatic heterocycles. The highest BCUT2D eigenvalue weighted by Crippen LogP contribution is 2.31. The van der Waals surface area contributed by atoms with Gasteiger partial charge in [0.2, 0.25) is 11.8 Å². The van der Waals surface area contributed by atoms with Crippen LogP contribution in [0, 0.1) is 0 Å². The average Bonchev–Trinajstić information content (AvgIpc) is 3.30. The van der Waals surface area contributed by atoms with Crippen LogP contribution in [-0.4, -0.2) is 70.3 Å². The molecule has 3 aromatic rings. The summed E-state index contributed by atoms with van der Waals surface area (Å²) in [6.07, 6.45) is 5.00. The molecule has 2 atom stereocenters. The van der Waals surface area contributed by atoms with Crippen LogP contribution in [0.4, 0.5) is 0 Å². The van der Waals surface area contributed by atoms with E-state index in [0.717, 1.165) is 35.7 Å². The molecule has 10 heteroatoms. The smallest absolute Gasteiger partial charge is 0.260 e. The Balaban J connectivity index is 1.08. The van der Waals surface area contributed by atoms with Crippen LogP contribution >= 0.6 is 0 Å². The van der Waals surface area contributed by atoms with Crippen LogP contribution in [0.1, 0.15) is 48.0 Å². The number of pyridine rings is 1. The molecule has 2 saturated heterocycles. The summed E-state index contributed by atoms with van der Waals surface area (Å²) >= 11 is 0.